The summed E-state index contributed by atoms with van der Waals surface area (Å²) in [6.07, 6.45) is 0.707. The molecule has 0 spiro atoms. The highest BCUT2D eigenvalue weighted by Crippen LogP contribution is 2.08. The summed E-state index contributed by atoms with van der Waals surface area (Å²) in [6.45, 7) is 11.7. The Morgan fingerprint density at radius 2 is 1.68 bits per heavy atom. The summed E-state index contributed by atoms with van der Waals surface area (Å²) in [4.78, 5) is 14.1. The topological polar surface area (TPSA) is 41.6 Å². The van der Waals surface area contributed by atoms with E-state index >= 15 is 0 Å². The number of carbonyl (C=O) groups is 1. The third-order valence-electron chi connectivity index (χ3n) is 3.03. The lowest BCUT2D eigenvalue weighted by Crippen LogP contribution is -2.44. The largest absolute Gasteiger partial charge is 0.368 e. The van der Waals surface area contributed by atoms with Crippen molar-refractivity contribution in [1.82, 2.24) is 10.2 Å². The zero-order valence-corrected chi connectivity index (χ0v) is 13.7. The molecule has 19 heavy (non-hydrogen) atoms. The minimum Gasteiger partial charge on any atom is -0.368 e. The lowest BCUT2D eigenvalue weighted by atomic mass is 10.0. The van der Waals surface area contributed by atoms with Crippen LogP contribution < -0.4 is 5.32 Å². The lowest BCUT2D eigenvalue weighted by Gasteiger charge is -2.27. The summed E-state index contributed by atoms with van der Waals surface area (Å²) in [7, 11) is 4.11. The van der Waals surface area contributed by atoms with E-state index < -0.39 is 0 Å². The normalized spacial score (nSPS) is 15.1. The zero-order chi connectivity index (χ0) is 15.0. The predicted molar refractivity (Wildman–Crippen MR) is 80.2 cm³/mol. The van der Waals surface area contributed by atoms with Crippen LogP contribution in [0.3, 0.4) is 0 Å². The quantitative estimate of drug-likeness (QED) is 0.699. The van der Waals surface area contributed by atoms with E-state index in [4.69, 9.17) is 4.74 Å². The van der Waals surface area contributed by atoms with Crippen molar-refractivity contribution >= 4 is 5.91 Å². The first-order chi connectivity index (χ1) is 8.73. The maximum atomic E-state index is 11.9. The smallest absolute Gasteiger partial charge is 0.248 e. The predicted octanol–water partition coefficient (Wildman–Crippen LogP) is 2.14. The molecule has 0 radical (unpaired) electrons. The van der Waals surface area contributed by atoms with Crippen LogP contribution in [0.25, 0.3) is 0 Å². The number of amides is 1. The number of carbonyl (C=O) groups excluding carboxylic acids is 1. The molecule has 0 fully saturated rings. The molecule has 0 aromatic carbocycles. The Balaban J connectivity index is 4.09. The van der Waals surface area contributed by atoms with E-state index in [0.717, 1.165) is 6.42 Å². The number of nitrogens with one attached hydrogen (secondary N) is 1. The molecular weight excluding hydrogens is 240 g/mol. The fraction of sp³-hybridized carbons (Fsp3) is 0.933. The first-order valence-corrected chi connectivity index (χ1v) is 7.29. The second-order valence-electron chi connectivity index (χ2n) is 6.36. The number of hydrogen-bond acceptors (Lipinski definition) is 3. The third kappa shape index (κ3) is 9.00. The van der Waals surface area contributed by atoms with Gasteiger partial charge in [-0.15, -0.1) is 0 Å². The second kappa shape index (κ2) is 9.32. The van der Waals surface area contributed by atoms with Gasteiger partial charge in [0.2, 0.25) is 5.91 Å². The summed E-state index contributed by atoms with van der Waals surface area (Å²) in [6, 6.07) is 0.376. The minimum absolute atomic E-state index is 0.0174. The zero-order valence-electron chi connectivity index (χ0n) is 13.7. The number of ether oxygens (including phenoxy) is 1. The number of rotatable bonds is 9. The van der Waals surface area contributed by atoms with Gasteiger partial charge in [0, 0.05) is 19.2 Å². The molecule has 0 aromatic heterocycles. The van der Waals surface area contributed by atoms with Gasteiger partial charge in [0.15, 0.2) is 0 Å². The molecule has 0 saturated heterocycles. The Kier molecular flexibility index (Phi) is 9.02. The fourth-order valence-electron chi connectivity index (χ4n) is 1.80. The molecule has 0 unspecified atom stereocenters. The molecule has 2 atom stereocenters. The van der Waals surface area contributed by atoms with Crippen molar-refractivity contribution in [1.29, 1.82) is 0 Å². The number of hydrogen-bond donors (Lipinski definition) is 1. The fourth-order valence-corrected chi connectivity index (χ4v) is 1.80. The van der Waals surface area contributed by atoms with E-state index in [0.29, 0.717) is 31.0 Å². The van der Waals surface area contributed by atoms with Gasteiger partial charge in [0.05, 0.1) is 0 Å². The molecule has 0 bridgehead atoms. The van der Waals surface area contributed by atoms with Crippen LogP contribution in [0.2, 0.25) is 0 Å². The maximum absolute atomic E-state index is 11.9. The van der Waals surface area contributed by atoms with Crippen molar-refractivity contribution in [3.63, 3.8) is 0 Å². The van der Waals surface area contributed by atoms with E-state index in [9.17, 15) is 4.79 Å². The van der Waals surface area contributed by atoms with Crippen molar-refractivity contribution in [3.8, 4) is 0 Å². The lowest BCUT2D eigenvalue weighted by molar-refractivity contribution is -0.132. The summed E-state index contributed by atoms with van der Waals surface area (Å²) in [5.41, 5.74) is 0. The average molecular weight is 272 g/mol. The summed E-state index contributed by atoms with van der Waals surface area (Å²) in [5, 5.41) is 2.99. The molecule has 1 N–H and O–H groups in total. The highest BCUT2D eigenvalue weighted by Gasteiger charge is 2.18. The van der Waals surface area contributed by atoms with Crippen LogP contribution in [0, 0.1) is 11.8 Å². The van der Waals surface area contributed by atoms with Gasteiger partial charge in [-0.25, -0.2) is 0 Å². The molecule has 4 nitrogen and oxygen atoms in total. The van der Waals surface area contributed by atoms with Crippen LogP contribution in [0.1, 0.15) is 41.0 Å². The first kappa shape index (κ1) is 18.4. The van der Waals surface area contributed by atoms with Crippen molar-refractivity contribution < 1.29 is 9.53 Å². The molecule has 0 heterocycles. The second-order valence-corrected chi connectivity index (χ2v) is 6.36. The van der Waals surface area contributed by atoms with E-state index in [2.05, 4.69) is 52.0 Å². The SMILES string of the molecule is CC(C)CO[C@H](C)C(=O)NC[C@@H](CC(C)C)N(C)C. The molecule has 0 saturated carbocycles. The molecule has 0 aromatic rings. The Morgan fingerprint density at radius 3 is 2.11 bits per heavy atom. The van der Waals surface area contributed by atoms with E-state index in [1.807, 2.05) is 6.92 Å². The van der Waals surface area contributed by atoms with Crippen LogP contribution in [0.15, 0.2) is 0 Å². The van der Waals surface area contributed by atoms with Crippen LogP contribution in [0.4, 0.5) is 0 Å². The van der Waals surface area contributed by atoms with Crippen LogP contribution in [-0.4, -0.2) is 50.2 Å². The van der Waals surface area contributed by atoms with Gasteiger partial charge in [0.1, 0.15) is 6.10 Å². The monoisotopic (exact) mass is 272 g/mol. The maximum Gasteiger partial charge on any atom is 0.248 e. The molecule has 0 aliphatic carbocycles. The molecule has 0 rings (SSSR count). The van der Waals surface area contributed by atoms with Gasteiger partial charge >= 0.3 is 0 Å². The highest BCUT2D eigenvalue weighted by atomic mass is 16.5. The van der Waals surface area contributed by atoms with Gasteiger partial charge in [-0.05, 0) is 39.3 Å². The molecular formula is C15H32N2O2. The van der Waals surface area contributed by atoms with Crippen LogP contribution in [0.5, 0.6) is 0 Å². The Hall–Kier alpha value is -0.610. The van der Waals surface area contributed by atoms with Crippen molar-refractivity contribution in [2.24, 2.45) is 11.8 Å². The Labute approximate surface area is 118 Å². The van der Waals surface area contributed by atoms with Crippen LogP contribution >= 0.6 is 0 Å². The van der Waals surface area contributed by atoms with Crippen LogP contribution in [-0.2, 0) is 9.53 Å². The average Bonchev–Trinajstić information content (AvgIpc) is 2.29. The Morgan fingerprint density at radius 1 is 1.11 bits per heavy atom. The molecule has 114 valence electrons. The highest BCUT2D eigenvalue weighted by molar-refractivity contribution is 5.80. The van der Waals surface area contributed by atoms with Crippen molar-refractivity contribution in [2.45, 2.75) is 53.2 Å². The summed E-state index contributed by atoms with van der Waals surface area (Å²) in [5.74, 6) is 1.06. The molecule has 0 aliphatic heterocycles. The summed E-state index contributed by atoms with van der Waals surface area (Å²) >= 11 is 0. The van der Waals surface area contributed by atoms with E-state index in [-0.39, 0.29) is 12.0 Å². The van der Waals surface area contributed by atoms with Crippen molar-refractivity contribution in [2.75, 3.05) is 27.2 Å². The number of nitrogens with zero attached hydrogens (tertiary/aromatic N) is 1. The molecule has 4 heteroatoms. The van der Waals surface area contributed by atoms with Gasteiger partial charge in [-0.1, -0.05) is 27.7 Å². The summed E-state index contributed by atoms with van der Waals surface area (Å²) < 4.78 is 5.51. The van der Waals surface area contributed by atoms with Crippen molar-refractivity contribution in [3.05, 3.63) is 0 Å². The molecule has 1 amide bonds. The first-order valence-electron chi connectivity index (χ1n) is 7.29. The van der Waals surface area contributed by atoms with Gasteiger partial charge < -0.3 is 15.0 Å². The number of likely N-dealkylation sites (N-methyl/N-ethyl adjacent to an activating group) is 1. The Bertz CT molecular complexity index is 253. The van der Waals surface area contributed by atoms with Gasteiger partial charge in [-0.2, -0.15) is 0 Å². The standard InChI is InChI=1S/C15H32N2O2/c1-11(2)8-14(17(6)7)9-16-15(18)13(5)19-10-12(3)4/h11-14H,8-10H2,1-7H3,(H,16,18)/t13-,14-/m1/s1. The van der Waals surface area contributed by atoms with Gasteiger partial charge in [-0.3, -0.25) is 4.79 Å². The van der Waals surface area contributed by atoms with E-state index in [1.165, 1.54) is 0 Å². The van der Waals surface area contributed by atoms with E-state index in [1.54, 1.807) is 0 Å². The van der Waals surface area contributed by atoms with Gasteiger partial charge in [0.25, 0.3) is 0 Å². The minimum atomic E-state index is -0.371. The molecule has 0 aliphatic rings. The third-order valence-corrected chi connectivity index (χ3v) is 3.03.